The van der Waals surface area contributed by atoms with Gasteiger partial charge in [0.25, 0.3) is 5.91 Å². The molecule has 14 nitrogen and oxygen atoms in total. The number of carbonyl (C=O) groups excluding carboxylic acids is 3. The quantitative estimate of drug-likeness (QED) is 0.0714. The van der Waals surface area contributed by atoms with Crippen LogP contribution >= 0.6 is 15.9 Å². The summed E-state index contributed by atoms with van der Waals surface area (Å²) < 4.78 is 21.3. The van der Waals surface area contributed by atoms with E-state index in [-0.39, 0.29) is 24.1 Å². The maximum atomic E-state index is 13.4. The van der Waals surface area contributed by atoms with E-state index in [1.807, 2.05) is 36.3 Å². The fraction of sp³-hybridized carbons (Fsp3) is 0.641. The number of nitrogens with one attached hydrogen (secondary N) is 2. The number of urea groups is 1. The Kier molecular flexibility index (Phi) is 12.1. The minimum atomic E-state index is -1.33. The number of amides is 4. The molecule has 3 aromatic heterocycles. The number of halogens is 1. The van der Waals surface area contributed by atoms with E-state index in [1.54, 1.807) is 25.4 Å². The lowest BCUT2D eigenvalue weighted by Crippen LogP contribution is -2.48. The molecule has 0 spiro atoms. The molecule has 3 unspecified atom stereocenters. The number of carbonyl (C=O) groups is 3. The number of nitrogens with zero attached hydrogens (tertiary/aromatic N) is 6. The summed E-state index contributed by atoms with van der Waals surface area (Å²) >= 11 is 4.04. The average Bonchev–Trinajstić information content (AvgIpc) is 3.72. The lowest BCUT2D eigenvalue weighted by atomic mass is 9.88. The summed E-state index contributed by atoms with van der Waals surface area (Å²) in [6.45, 7) is 23.3. The van der Waals surface area contributed by atoms with Gasteiger partial charge in [0.05, 0.1) is 22.1 Å². The molecule has 3 aliphatic rings. The predicted octanol–water partition coefficient (Wildman–Crippen LogP) is 7.68. The molecule has 0 aliphatic carbocycles. The molecule has 17 heteroatoms. The summed E-state index contributed by atoms with van der Waals surface area (Å²) in [5, 5.41) is 9.90. The first-order chi connectivity index (χ1) is 26.1. The SMILES string of the molecule is CC(C)(C)OC(=O)N1C2CCC1CC(c1nc3c(-c4ccc(C5(C)NC(=O)NC5=O)nc4)cnn3c(N(COCC[Si](C)(C)C)COCC[Si](C)(C)C)c1Br)C2. The van der Waals surface area contributed by atoms with Gasteiger partial charge in [-0.25, -0.2) is 14.6 Å². The molecule has 306 valence electrons. The van der Waals surface area contributed by atoms with E-state index in [2.05, 4.69) is 75.7 Å². The number of aromatic nitrogens is 4. The van der Waals surface area contributed by atoms with Crippen molar-refractivity contribution in [1.29, 1.82) is 0 Å². The van der Waals surface area contributed by atoms with Crippen LogP contribution in [0.1, 0.15) is 70.7 Å². The van der Waals surface area contributed by atoms with E-state index in [1.165, 1.54) is 0 Å². The molecule has 3 atom stereocenters. The van der Waals surface area contributed by atoms with Crippen LogP contribution in [0.25, 0.3) is 16.8 Å². The van der Waals surface area contributed by atoms with E-state index in [4.69, 9.17) is 24.3 Å². The van der Waals surface area contributed by atoms with Gasteiger partial charge in [-0.3, -0.25) is 15.1 Å². The maximum Gasteiger partial charge on any atom is 0.410 e. The van der Waals surface area contributed by atoms with Crippen LogP contribution in [0.15, 0.2) is 29.0 Å². The molecule has 3 aromatic rings. The van der Waals surface area contributed by atoms with Crippen molar-refractivity contribution in [2.75, 3.05) is 31.6 Å². The number of rotatable bonds is 14. The smallest absolute Gasteiger partial charge is 0.410 e. The first-order valence-electron chi connectivity index (χ1n) is 19.7. The summed E-state index contributed by atoms with van der Waals surface area (Å²) in [5.41, 5.74) is 1.62. The van der Waals surface area contributed by atoms with Crippen LogP contribution in [0.5, 0.6) is 0 Å². The van der Waals surface area contributed by atoms with Crippen molar-refractivity contribution < 1.29 is 28.6 Å². The molecular weight excluding hydrogens is 813 g/mol. The molecule has 0 aromatic carbocycles. The van der Waals surface area contributed by atoms with Crippen LogP contribution in [0.4, 0.5) is 15.4 Å². The van der Waals surface area contributed by atoms with Gasteiger partial charge in [0.2, 0.25) is 0 Å². The van der Waals surface area contributed by atoms with Crippen molar-refractivity contribution in [1.82, 2.24) is 35.1 Å². The second-order valence-electron chi connectivity index (χ2n) is 19.1. The number of ether oxygens (including phenoxy) is 3. The Morgan fingerprint density at radius 2 is 1.59 bits per heavy atom. The Bertz CT molecular complexity index is 1910. The second kappa shape index (κ2) is 16.1. The molecule has 56 heavy (non-hydrogen) atoms. The molecule has 4 amide bonds. The van der Waals surface area contributed by atoms with Crippen LogP contribution in [0, 0.1) is 0 Å². The number of piperidine rings is 1. The van der Waals surface area contributed by atoms with Crippen LogP contribution in [0.3, 0.4) is 0 Å². The van der Waals surface area contributed by atoms with Gasteiger partial charge in [0, 0.05) is 64.7 Å². The van der Waals surface area contributed by atoms with Crippen molar-refractivity contribution >= 4 is 61.6 Å². The molecule has 3 aliphatic heterocycles. The highest BCUT2D eigenvalue weighted by molar-refractivity contribution is 9.10. The Morgan fingerprint density at radius 3 is 2.09 bits per heavy atom. The number of fused-ring (bicyclic) bond motifs is 3. The highest BCUT2D eigenvalue weighted by Gasteiger charge is 2.47. The van der Waals surface area contributed by atoms with E-state index >= 15 is 0 Å². The fourth-order valence-corrected chi connectivity index (χ4v) is 9.92. The molecule has 0 radical (unpaired) electrons. The zero-order valence-corrected chi connectivity index (χ0v) is 38.2. The normalized spacial score (nSPS) is 22.8. The van der Waals surface area contributed by atoms with Crippen LogP contribution in [0.2, 0.25) is 51.4 Å². The zero-order valence-electron chi connectivity index (χ0n) is 34.6. The Morgan fingerprint density at radius 1 is 0.982 bits per heavy atom. The number of anilines is 1. The van der Waals surface area contributed by atoms with Gasteiger partial charge in [-0.05, 0) is 87.5 Å². The summed E-state index contributed by atoms with van der Waals surface area (Å²) in [6.07, 6.45) is 6.57. The molecule has 2 N–H and O–H groups in total. The second-order valence-corrected chi connectivity index (χ2v) is 31.1. The maximum absolute atomic E-state index is 13.4. The van der Waals surface area contributed by atoms with Crippen LogP contribution in [-0.4, -0.2) is 103 Å². The van der Waals surface area contributed by atoms with Crippen LogP contribution in [-0.2, 0) is 24.5 Å². The fourth-order valence-electron chi connectivity index (χ4n) is 7.57. The van der Waals surface area contributed by atoms with E-state index in [9.17, 15) is 14.4 Å². The van der Waals surface area contributed by atoms with Gasteiger partial charge < -0.3 is 29.3 Å². The number of pyridine rings is 1. The largest absolute Gasteiger partial charge is 0.444 e. The minimum Gasteiger partial charge on any atom is -0.444 e. The zero-order chi connectivity index (χ0) is 40.8. The van der Waals surface area contributed by atoms with Gasteiger partial charge >= 0.3 is 12.1 Å². The number of hydrogen-bond acceptors (Lipinski definition) is 10. The topological polar surface area (TPSA) is 153 Å². The third-order valence-electron chi connectivity index (χ3n) is 10.7. The monoisotopic (exact) mass is 870 g/mol. The summed E-state index contributed by atoms with van der Waals surface area (Å²) in [4.78, 5) is 52.1. The number of imide groups is 1. The lowest BCUT2D eigenvalue weighted by molar-refractivity contribution is -0.123. The molecule has 6 heterocycles. The van der Waals surface area contributed by atoms with Crippen molar-refractivity contribution in [2.24, 2.45) is 0 Å². The third kappa shape index (κ3) is 9.48. The Balaban J connectivity index is 1.40. The Hall–Kier alpha value is -3.39. The van der Waals surface area contributed by atoms with E-state index in [0.29, 0.717) is 38.0 Å². The standard InChI is InChI=1S/C39H59BrN8O6Si2/c1-38(2,3)54-37(51)47-27-12-13-28(47)20-26(19-27)32-31(40)34(46(23-52-15-17-55(5,6)7)24-53-16-18-56(8,9)10)48-33(43-32)29(22-42-48)25-11-14-30(41-21-25)39(4)35(49)44-36(50)45-39/h11,14,21-22,26-28H,12-13,15-20,23-24H2,1-10H3,(H2,44,45,49,50). The Labute approximate surface area is 341 Å². The van der Waals surface area contributed by atoms with Crippen molar-refractivity contribution in [3.63, 3.8) is 0 Å². The summed E-state index contributed by atoms with van der Waals surface area (Å²) in [5.74, 6) is 0.381. The van der Waals surface area contributed by atoms with Gasteiger partial charge in [-0.1, -0.05) is 45.3 Å². The molecular formula is C39H59BrN8O6Si2. The summed E-state index contributed by atoms with van der Waals surface area (Å²) in [7, 11) is -2.67. The highest BCUT2D eigenvalue weighted by atomic mass is 79.9. The van der Waals surface area contributed by atoms with Crippen molar-refractivity contribution in [3.8, 4) is 11.1 Å². The van der Waals surface area contributed by atoms with Crippen molar-refractivity contribution in [2.45, 2.75) is 134 Å². The van der Waals surface area contributed by atoms with Gasteiger partial charge in [-0.2, -0.15) is 9.61 Å². The first-order valence-corrected chi connectivity index (χ1v) is 27.9. The third-order valence-corrected chi connectivity index (χ3v) is 14.9. The van der Waals surface area contributed by atoms with Crippen molar-refractivity contribution in [3.05, 3.63) is 40.4 Å². The predicted molar refractivity (Wildman–Crippen MR) is 225 cm³/mol. The summed E-state index contributed by atoms with van der Waals surface area (Å²) in [6, 6.07) is 5.24. The molecule has 0 saturated carbocycles. The van der Waals surface area contributed by atoms with E-state index < -0.39 is 39.2 Å². The van der Waals surface area contributed by atoms with Gasteiger partial charge in [0.1, 0.15) is 19.1 Å². The highest BCUT2D eigenvalue weighted by Crippen LogP contribution is 2.47. The van der Waals surface area contributed by atoms with Gasteiger partial charge in [0.15, 0.2) is 17.0 Å². The lowest BCUT2D eigenvalue weighted by Gasteiger charge is -2.39. The van der Waals surface area contributed by atoms with Gasteiger partial charge in [-0.15, -0.1) is 0 Å². The van der Waals surface area contributed by atoms with E-state index in [0.717, 1.165) is 64.9 Å². The molecule has 2 bridgehead atoms. The first kappa shape index (κ1) is 42.2. The number of hydrogen-bond donors (Lipinski definition) is 2. The van der Waals surface area contributed by atoms with Crippen LogP contribution < -0.4 is 15.5 Å². The average molecular weight is 872 g/mol. The molecule has 3 fully saturated rings. The molecule has 6 rings (SSSR count). The minimum absolute atomic E-state index is 0.0450. The molecule has 3 saturated heterocycles.